The van der Waals surface area contributed by atoms with Crippen LogP contribution in [0.25, 0.3) is 0 Å². The molecule has 5 atom stereocenters. The van der Waals surface area contributed by atoms with Crippen LogP contribution in [0, 0.1) is 0 Å². The quantitative estimate of drug-likeness (QED) is 0.568. The monoisotopic (exact) mass is 297 g/mol. The average molecular weight is 297 g/mol. The number of ether oxygens (including phenoxy) is 2. The number of para-hydroxylation sites is 1. The van der Waals surface area contributed by atoms with E-state index in [9.17, 15) is 20.1 Å². The maximum Gasteiger partial charge on any atom is 0.223 e. The fourth-order valence-corrected chi connectivity index (χ4v) is 2.20. The molecule has 4 N–H and O–H groups in total. The average Bonchev–Trinajstić information content (AvgIpc) is 2.47. The lowest BCUT2D eigenvalue weighted by Gasteiger charge is -2.42. The lowest BCUT2D eigenvalue weighted by atomic mass is 9.97. The predicted molar refractivity (Wildman–Crippen MR) is 72.4 cm³/mol. The number of carbonyl (C=O) groups is 1. The summed E-state index contributed by atoms with van der Waals surface area (Å²) in [5.74, 6) is 0.0945. The van der Waals surface area contributed by atoms with E-state index >= 15 is 0 Å². The molecule has 1 aromatic carbocycles. The smallest absolute Gasteiger partial charge is 0.223 e. The molecule has 0 spiro atoms. The first kappa shape index (κ1) is 15.7. The number of aliphatic hydroxyl groups excluding tert-OH is 3. The predicted octanol–water partition coefficient (Wildman–Crippen LogP) is -0.991. The van der Waals surface area contributed by atoms with Crippen molar-refractivity contribution in [2.75, 3.05) is 6.61 Å². The highest BCUT2D eigenvalue weighted by Gasteiger charge is 2.45. The largest absolute Gasteiger partial charge is 0.463 e. The minimum atomic E-state index is -1.32. The van der Waals surface area contributed by atoms with Crippen molar-refractivity contribution in [1.82, 2.24) is 5.32 Å². The van der Waals surface area contributed by atoms with Crippen molar-refractivity contribution in [1.29, 1.82) is 0 Å². The summed E-state index contributed by atoms with van der Waals surface area (Å²) in [6.07, 6.45) is -4.64. The van der Waals surface area contributed by atoms with Crippen LogP contribution >= 0.6 is 0 Å². The SMILES string of the molecule is CC(=O)N[C@H]1[C@@H](Oc2ccccc2)O[C@H](CO)[C@H](O)[C@@H]1O. The Kier molecular flexibility index (Phi) is 5.13. The zero-order valence-electron chi connectivity index (χ0n) is 11.5. The fraction of sp³-hybridized carbons (Fsp3) is 0.500. The van der Waals surface area contributed by atoms with Crippen LogP contribution in [0.4, 0.5) is 0 Å². The van der Waals surface area contributed by atoms with E-state index < -0.39 is 37.3 Å². The third-order valence-electron chi connectivity index (χ3n) is 3.25. The Morgan fingerprint density at radius 2 is 1.95 bits per heavy atom. The molecule has 1 aromatic rings. The second-order valence-corrected chi connectivity index (χ2v) is 4.86. The van der Waals surface area contributed by atoms with Gasteiger partial charge in [0, 0.05) is 6.92 Å². The van der Waals surface area contributed by atoms with Crippen LogP contribution in [0.1, 0.15) is 6.92 Å². The molecule has 7 heteroatoms. The van der Waals surface area contributed by atoms with Crippen molar-refractivity contribution >= 4 is 5.91 Å². The molecular weight excluding hydrogens is 278 g/mol. The molecule has 0 radical (unpaired) electrons. The molecule has 0 aromatic heterocycles. The Balaban J connectivity index is 2.18. The van der Waals surface area contributed by atoms with Crippen molar-refractivity contribution in [2.45, 2.75) is 37.6 Å². The summed E-state index contributed by atoms with van der Waals surface area (Å²) in [4.78, 5) is 11.2. The number of nitrogens with one attached hydrogen (secondary N) is 1. The standard InChI is InChI=1S/C14H19NO6/c1-8(17)15-11-13(19)12(18)10(7-16)21-14(11)20-9-5-3-2-4-6-9/h2-6,10-14,16,18-19H,7H2,1H3,(H,15,17)/t10-,11-,12+,13-,14+/m1/s1. The molecule has 1 amide bonds. The van der Waals surface area contributed by atoms with E-state index in [0.29, 0.717) is 5.75 Å². The van der Waals surface area contributed by atoms with E-state index in [1.54, 1.807) is 24.3 Å². The Labute approximate surface area is 122 Å². The molecule has 21 heavy (non-hydrogen) atoms. The van der Waals surface area contributed by atoms with Crippen LogP contribution in [0.5, 0.6) is 5.75 Å². The maximum atomic E-state index is 11.2. The van der Waals surface area contributed by atoms with Gasteiger partial charge in [0.15, 0.2) is 0 Å². The number of aliphatic hydroxyl groups is 3. The van der Waals surface area contributed by atoms with Gasteiger partial charge in [-0.15, -0.1) is 0 Å². The van der Waals surface area contributed by atoms with Gasteiger partial charge in [0.2, 0.25) is 12.2 Å². The molecule has 1 heterocycles. The first-order valence-corrected chi connectivity index (χ1v) is 6.64. The third-order valence-corrected chi connectivity index (χ3v) is 3.25. The second-order valence-electron chi connectivity index (χ2n) is 4.86. The van der Waals surface area contributed by atoms with Crippen LogP contribution in [0.2, 0.25) is 0 Å². The minimum Gasteiger partial charge on any atom is -0.463 e. The Morgan fingerprint density at radius 1 is 1.29 bits per heavy atom. The second kappa shape index (κ2) is 6.86. The van der Waals surface area contributed by atoms with E-state index in [2.05, 4.69) is 5.32 Å². The first-order chi connectivity index (χ1) is 10.0. The Hall–Kier alpha value is -1.67. The molecule has 0 bridgehead atoms. The highest BCUT2D eigenvalue weighted by molar-refractivity contribution is 5.73. The van der Waals surface area contributed by atoms with Gasteiger partial charge in [-0.25, -0.2) is 0 Å². The van der Waals surface area contributed by atoms with Crippen molar-refractivity contribution < 1.29 is 29.6 Å². The van der Waals surface area contributed by atoms with Gasteiger partial charge < -0.3 is 30.1 Å². The molecule has 0 saturated carbocycles. The van der Waals surface area contributed by atoms with Gasteiger partial charge >= 0.3 is 0 Å². The van der Waals surface area contributed by atoms with Crippen molar-refractivity contribution in [2.24, 2.45) is 0 Å². The van der Waals surface area contributed by atoms with Crippen LogP contribution in [0.3, 0.4) is 0 Å². The van der Waals surface area contributed by atoms with Gasteiger partial charge in [-0.2, -0.15) is 0 Å². The summed E-state index contributed by atoms with van der Waals surface area (Å²) in [6.45, 7) is 0.816. The third kappa shape index (κ3) is 3.70. The van der Waals surface area contributed by atoms with Crippen LogP contribution in [-0.2, 0) is 9.53 Å². The molecule has 116 valence electrons. The van der Waals surface area contributed by atoms with Crippen LogP contribution in [-0.4, -0.2) is 58.5 Å². The summed E-state index contributed by atoms with van der Waals surface area (Å²) in [5.41, 5.74) is 0. The molecule has 1 aliphatic rings. The van der Waals surface area contributed by atoms with Gasteiger partial charge in [-0.05, 0) is 12.1 Å². The number of amides is 1. The molecule has 0 aliphatic carbocycles. The Bertz CT molecular complexity index is 468. The summed E-state index contributed by atoms with van der Waals surface area (Å²) in [5, 5.41) is 31.7. The van der Waals surface area contributed by atoms with Gasteiger partial charge in [-0.1, -0.05) is 18.2 Å². The van der Waals surface area contributed by atoms with E-state index in [0.717, 1.165) is 0 Å². The van der Waals surface area contributed by atoms with E-state index in [4.69, 9.17) is 9.47 Å². The summed E-state index contributed by atoms with van der Waals surface area (Å²) < 4.78 is 11.0. The lowest BCUT2D eigenvalue weighted by Crippen LogP contribution is -2.65. The van der Waals surface area contributed by atoms with E-state index in [1.165, 1.54) is 6.92 Å². The number of carbonyl (C=O) groups excluding carboxylic acids is 1. The number of rotatable bonds is 4. The van der Waals surface area contributed by atoms with Gasteiger partial charge in [0.05, 0.1) is 6.61 Å². The molecule has 7 nitrogen and oxygen atoms in total. The highest BCUT2D eigenvalue weighted by atomic mass is 16.7. The number of hydrogen-bond donors (Lipinski definition) is 4. The molecule has 2 rings (SSSR count). The van der Waals surface area contributed by atoms with Crippen molar-refractivity contribution in [3.8, 4) is 5.75 Å². The summed E-state index contributed by atoms with van der Waals surface area (Å²) in [6, 6.07) is 7.79. The Morgan fingerprint density at radius 3 is 2.52 bits per heavy atom. The van der Waals surface area contributed by atoms with Crippen LogP contribution in [0.15, 0.2) is 30.3 Å². The summed E-state index contributed by atoms with van der Waals surface area (Å²) >= 11 is 0. The number of hydrogen-bond acceptors (Lipinski definition) is 6. The topological polar surface area (TPSA) is 108 Å². The lowest BCUT2D eigenvalue weighted by molar-refractivity contribution is -0.244. The molecule has 1 aliphatic heterocycles. The van der Waals surface area contributed by atoms with Crippen LogP contribution < -0.4 is 10.1 Å². The molecule has 0 unspecified atom stereocenters. The van der Waals surface area contributed by atoms with Crippen molar-refractivity contribution in [3.63, 3.8) is 0 Å². The first-order valence-electron chi connectivity index (χ1n) is 6.64. The van der Waals surface area contributed by atoms with Gasteiger partial charge in [-0.3, -0.25) is 4.79 Å². The summed E-state index contributed by atoms with van der Waals surface area (Å²) in [7, 11) is 0. The van der Waals surface area contributed by atoms with Crippen molar-refractivity contribution in [3.05, 3.63) is 30.3 Å². The van der Waals surface area contributed by atoms with E-state index in [-0.39, 0.29) is 5.91 Å². The molecule has 1 fully saturated rings. The van der Waals surface area contributed by atoms with Gasteiger partial charge in [0.1, 0.15) is 30.1 Å². The van der Waals surface area contributed by atoms with E-state index in [1.807, 2.05) is 6.07 Å². The number of benzene rings is 1. The normalized spacial score (nSPS) is 32.5. The maximum absolute atomic E-state index is 11.2. The zero-order chi connectivity index (χ0) is 15.4. The fourth-order valence-electron chi connectivity index (χ4n) is 2.20. The van der Waals surface area contributed by atoms with Gasteiger partial charge in [0.25, 0.3) is 0 Å². The zero-order valence-corrected chi connectivity index (χ0v) is 11.5. The highest BCUT2D eigenvalue weighted by Crippen LogP contribution is 2.24. The minimum absolute atomic E-state index is 0.390. The molecular formula is C14H19NO6. The molecule has 1 saturated heterocycles.